The van der Waals surface area contributed by atoms with E-state index in [4.69, 9.17) is 4.74 Å². The van der Waals surface area contributed by atoms with Gasteiger partial charge >= 0.3 is 5.97 Å². The van der Waals surface area contributed by atoms with E-state index in [0.717, 1.165) is 16.5 Å². The number of para-hydroxylation sites is 1. The summed E-state index contributed by atoms with van der Waals surface area (Å²) in [5.74, 6) is -1.39. The fourth-order valence-corrected chi connectivity index (χ4v) is 2.96. The van der Waals surface area contributed by atoms with Gasteiger partial charge in [0.2, 0.25) is 5.91 Å². The Morgan fingerprint density at radius 1 is 1.10 bits per heavy atom. The Bertz CT molecular complexity index is 1040. The maximum atomic E-state index is 12.5. The van der Waals surface area contributed by atoms with E-state index in [1.165, 1.54) is 18.9 Å². The third kappa shape index (κ3) is 4.82. The van der Waals surface area contributed by atoms with Crippen LogP contribution >= 0.6 is 0 Å². The molecule has 0 aliphatic carbocycles. The Hall–Kier alpha value is -3.61. The fraction of sp³-hybridized carbons (Fsp3) is 0.227. The second-order valence-corrected chi connectivity index (χ2v) is 6.90. The van der Waals surface area contributed by atoms with Crippen molar-refractivity contribution in [2.24, 2.45) is 0 Å². The maximum absolute atomic E-state index is 12.5. The Kier molecular flexibility index (Phi) is 5.97. The molecule has 0 unspecified atom stereocenters. The standard InChI is InChI=1S/C22H23N3O4/c1-14-8-10-16(11-9-14)24-20(26)13-25(3)21(27)15(2)29-22(28)18-12-23-19-7-5-4-6-17(18)19/h4-12,15,23H,13H2,1-3H3,(H,24,26)/t15-/m1/s1. The normalized spacial score (nSPS) is 11.7. The van der Waals surface area contributed by atoms with E-state index in [2.05, 4.69) is 10.3 Å². The summed E-state index contributed by atoms with van der Waals surface area (Å²) in [6.45, 7) is 3.29. The summed E-state index contributed by atoms with van der Waals surface area (Å²) in [6.07, 6.45) is 0.538. The molecular formula is C22H23N3O4. The number of nitrogens with zero attached hydrogens (tertiary/aromatic N) is 1. The van der Waals surface area contributed by atoms with Crippen LogP contribution in [0, 0.1) is 6.92 Å². The van der Waals surface area contributed by atoms with E-state index in [1.807, 2.05) is 37.3 Å². The van der Waals surface area contributed by atoms with Gasteiger partial charge in [0.1, 0.15) is 0 Å². The van der Waals surface area contributed by atoms with Gasteiger partial charge in [0.15, 0.2) is 6.10 Å². The summed E-state index contributed by atoms with van der Waals surface area (Å²) in [7, 11) is 1.49. The smallest absolute Gasteiger partial charge is 0.341 e. The SMILES string of the molecule is Cc1ccc(NC(=O)CN(C)C(=O)[C@@H](C)OC(=O)c2c[nH]c3ccccc23)cc1. The molecule has 29 heavy (non-hydrogen) atoms. The van der Waals surface area contributed by atoms with Gasteiger partial charge < -0.3 is 19.9 Å². The van der Waals surface area contributed by atoms with Gasteiger partial charge in [-0.05, 0) is 32.0 Å². The minimum Gasteiger partial charge on any atom is -0.449 e. The molecule has 0 fully saturated rings. The van der Waals surface area contributed by atoms with Gasteiger partial charge in [0.05, 0.1) is 12.1 Å². The highest BCUT2D eigenvalue weighted by Gasteiger charge is 2.24. The third-order valence-electron chi connectivity index (χ3n) is 4.53. The van der Waals surface area contributed by atoms with Crippen molar-refractivity contribution in [2.45, 2.75) is 20.0 Å². The van der Waals surface area contributed by atoms with Crippen LogP contribution in [-0.2, 0) is 14.3 Å². The molecule has 0 bridgehead atoms. The average Bonchev–Trinajstić information content (AvgIpc) is 3.13. The number of amides is 2. The highest BCUT2D eigenvalue weighted by molar-refractivity contribution is 6.04. The number of ether oxygens (including phenoxy) is 1. The minimum atomic E-state index is -1.02. The first-order valence-electron chi connectivity index (χ1n) is 9.23. The Balaban J connectivity index is 1.56. The molecule has 1 aromatic heterocycles. The van der Waals surface area contributed by atoms with Gasteiger partial charge in [-0.15, -0.1) is 0 Å². The number of carbonyl (C=O) groups is 3. The number of aryl methyl sites for hydroxylation is 1. The molecule has 0 aliphatic heterocycles. The van der Waals surface area contributed by atoms with Crippen LogP contribution in [0.15, 0.2) is 54.7 Å². The Morgan fingerprint density at radius 2 is 1.79 bits per heavy atom. The zero-order chi connectivity index (χ0) is 21.0. The molecule has 2 aromatic carbocycles. The van der Waals surface area contributed by atoms with Gasteiger partial charge in [-0.2, -0.15) is 0 Å². The van der Waals surface area contributed by atoms with Gasteiger partial charge in [-0.1, -0.05) is 35.9 Å². The van der Waals surface area contributed by atoms with Crippen LogP contribution in [0.1, 0.15) is 22.8 Å². The molecule has 0 saturated heterocycles. The molecule has 3 aromatic rings. The molecule has 0 spiro atoms. The highest BCUT2D eigenvalue weighted by atomic mass is 16.5. The molecule has 0 saturated carbocycles. The number of esters is 1. The number of H-pyrrole nitrogens is 1. The summed E-state index contributed by atoms with van der Waals surface area (Å²) in [5, 5.41) is 3.46. The van der Waals surface area contributed by atoms with Gasteiger partial charge in [0.25, 0.3) is 5.91 Å². The molecule has 150 valence electrons. The van der Waals surface area contributed by atoms with Crippen LogP contribution < -0.4 is 5.32 Å². The van der Waals surface area contributed by atoms with Gasteiger partial charge in [0, 0.05) is 29.8 Å². The number of benzene rings is 2. The number of aromatic amines is 1. The molecule has 2 amide bonds. The Labute approximate surface area is 168 Å². The Morgan fingerprint density at radius 3 is 2.52 bits per heavy atom. The number of carbonyl (C=O) groups excluding carboxylic acids is 3. The summed E-state index contributed by atoms with van der Waals surface area (Å²) >= 11 is 0. The van der Waals surface area contributed by atoms with E-state index < -0.39 is 18.0 Å². The van der Waals surface area contributed by atoms with Crippen LogP contribution in [0.4, 0.5) is 5.69 Å². The van der Waals surface area contributed by atoms with Crippen molar-refractivity contribution in [3.05, 3.63) is 65.9 Å². The molecule has 0 aliphatic rings. The zero-order valence-electron chi connectivity index (χ0n) is 16.6. The second kappa shape index (κ2) is 8.60. The summed E-state index contributed by atoms with van der Waals surface area (Å²) in [4.78, 5) is 41.4. The monoisotopic (exact) mass is 393 g/mol. The number of rotatable bonds is 6. The van der Waals surface area contributed by atoms with E-state index in [1.54, 1.807) is 24.4 Å². The first-order chi connectivity index (χ1) is 13.8. The van der Waals surface area contributed by atoms with Crippen molar-refractivity contribution in [1.29, 1.82) is 0 Å². The lowest BCUT2D eigenvalue weighted by Crippen LogP contribution is -2.41. The summed E-state index contributed by atoms with van der Waals surface area (Å²) in [6, 6.07) is 14.7. The molecule has 2 N–H and O–H groups in total. The van der Waals surface area contributed by atoms with Gasteiger partial charge in [-0.3, -0.25) is 9.59 Å². The van der Waals surface area contributed by atoms with Crippen LogP contribution in [0.5, 0.6) is 0 Å². The van der Waals surface area contributed by atoms with Crippen molar-refractivity contribution in [1.82, 2.24) is 9.88 Å². The lowest BCUT2D eigenvalue weighted by molar-refractivity contribution is -0.140. The van der Waals surface area contributed by atoms with Crippen molar-refractivity contribution in [3.63, 3.8) is 0 Å². The van der Waals surface area contributed by atoms with Crippen molar-refractivity contribution in [3.8, 4) is 0 Å². The largest absolute Gasteiger partial charge is 0.449 e. The quantitative estimate of drug-likeness (QED) is 0.630. The first kappa shape index (κ1) is 20.1. The van der Waals surface area contributed by atoms with E-state index in [0.29, 0.717) is 11.3 Å². The number of likely N-dealkylation sites (N-methyl/N-ethyl adjacent to an activating group) is 1. The van der Waals surface area contributed by atoms with Crippen molar-refractivity contribution in [2.75, 3.05) is 18.9 Å². The predicted molar refractivity (Wildman–Crippen MR) is 111 cm³/mol. The molecule has 7 heteroatoms. The van der Waals surface area contributed by atoms with Gasteiger partial charge in [-0.25, -0.2) is 4.79 Å². The molecule has 3 rings (SSSR count). The summed E-state index contributed by atoms with van der Waals surface area (Å²) in [5.41, 5.74) is 2.91. The molecule has 0 radical (unpaired) electrons. The lowest BCUT2D eigenvalue weighted by Gasteiger charge is -2.21. The van der Waals surface area contributed by atoms with E-state index >= 15 is 0 Å². The van der Waals surface area contributed by atoms with Crippen LogP contribution in [0.2, 0.25) is 0 Å². The number of fused-ring (bicyclic) bond motifs is 1. The van der Waals surface area contributed by atoms with Crippen LogP contribution in [0.3, 0.4) is 0 Å². The van der Waals surface area contributed by atoms with Crippen LogP contribution in [-0.4, -0.2) is 47.4 Å². The lowest BCUT2D eigenvalue weighted by atomic mass is 10.2. The molecule has 1 atom stereocenters. The molecular weight excluding hydrogens is 370 g/mol. The number of anilines is 1. The number of hydrogen-bond donors (Lipinski definition) is 2. The second-order valence-electron chi connectivity index (χ2n) is 6.90. The third-order valence-corrected chi connectivity index (χ3v) is 4.53. The predicted octanol–water partition coefficient (Wildman–Crippen LogP) is 3.12. The highest BCUT2D eigenvalue weighted by Crippen LogP contribution is 2.19. The van der Waals surface area contributed by atoms with E-state index in [9.17, 15) is 14.4 Å². The minimum absolute atomic E-state index is 0.151. The van der Waals surface area contributed by atoms with Crippen molar-refractivity contribution < 1.29 is 19.1 Å². The first-order valence-corrected chi connectivity index (χ1v) is 9.23. The van der Waals surface area contributed by atoms with Crippen molar-refractivity contribution >= 4 is 34.4 Å². The topological polar surface area (TPSA) is 91.5 Å². The average molecular weight is 393 g/mol. The zero-order valence-corrected chi connectivity index (χ0v) is 16.6. The molecule has 1 heterocycles. The number of hydrogen-bond acceptors (Lipinski definition) is 4. The fourth-order valence-electron chi connectivity index (χ4n) is 2.96. The molecule has 7 nitrogen and oxygen atoms in total. The number of aromatic nitrogens is 1. The van der Waals surface area contributed by atoms with Crippen LogP contribution in [0.25, 0.3) is 10.9 Å². The van der Waals surface area contributed by atoms with E-state index in [-0.39, 0.29) is 12.5 Å². The maximum Gasteiger partial charge on any atom is 0.341 e. The number of nitrogens with one attached hydrogen (secondary N) is 2. The summed E-state index contributed by atoms with van der Waals surface area (Å²) < 4.78 is 5.32.